The van der Waals surface area contributed by atoms with Gasteiger partial charge in [-0.05, 0) is 24.7 Å². The Hall–Kier alpha value is -1.32. The molecule has 1 aliphatic carbocycles. The van der Waals surface area contributed by atoms with E-state index in [1.807, 2.05) is 0 Å². The first kappa shape index (κ1) is 9.24. The molecule has 0 radical (unpaired) electrons. The minimum absolute atomic E-state index is 0.0813. The number of amides is 1. The van der Waals surface area contributed by atoms with Gasteiger partial charge in [0.1, 0.15) is 6.33 Å². The van der Waals surface area contributed by atoms with E-state index in [-0.39, 0.29) is 6.03 Å². The van der Waals surface area contributed by atoms with Crippen LogP contribution in [0.3, 0.4) is 0 Å². The summed E-state index contributed by atoms with van der Waals surface area (Å²) in [6.45, 7) is 2.97. The fourth-order valence-corrected chi connectivity index (χ4v) is 1.57. The standard InChI is InChI=1S/C10H15N3O/c1-2-10(3-4-10)7-12-9(14)13-6-5-11-8-13/h5-6,8H,2-4,7H2,1H3,(H,12,14). The normalized spacial score (nSPS) is 17.8. The minimum Gasteiger partial charge on any atom is -0.337 e. The van der Waals surface area contributed by atoms with Crippen LogP contribution in [0.25, 0.3) is 0 Å². The van der Waals surface area contributed by atoms with Gasteiger partial charge < -0.3 is 5.32 Å². The van der Waals surface area contributed by atoms with Crippen molar-refractivity contribution in [1.29, 1.82) is 0 Å². The van der Waals surface area contributed by atoms with Crippen molar-refractivity contribution in [2.75, 3.05) is 6.54 Å². The van der Waals surface area contributed by atoms with E-state index < -0.39 is 0 Å². The van der Waals surface area contributed by atoms with Gasteiger partial charge in [0, 0.05) is 18.9 Å². The number of hydrogen-bond acceptors (Lipinski definition) is 2. The molecule has 1 fully saturated rings. The van der Waals surface area contributed by atoms with Crippen LogP contribution in [0.15, 0.2) is 18.7 Å². The Morgan fingerprint density at radius 3 is 2.93 bits per heavy atom. The molecule has 0 unspecified atom stereocenters. The Kier molecular flexibility index (Phi) is 2.27. The number of imidazole rings is 1. The summed E-state index contributed by atoms with van der Waals surface area (Å²) in [4.78, 5) is 15.3. The van der Waals surface area contributed by atoms with E-state index in [0.717, 1.165) is 13.0 Å². The average molecular weight is 193 g/mol. The largest absolute Gasteiger partial charge is 0.337 e. The summed E-state index contributed by atoms with van der Waals surface area (Å²) in [5.74, 6) is 0. The lowest BCUT2D eigenvalue weighted by Crippen LogP contribution is -2.32. The van der Waals surface area contributed by atoms with E-state index in [9.17, 15) is 4.79 Å². The van der Waals surface area contributed by atoms with Crippen molar-refractivity contribution in [3.63, 3.8) is 0 Å². The van der Waals surface area contributed by atoms with Crippen LogP contribution >= 0.6 is 0 Å². The molecule has 1 aliphatic rings. The lowest BCUT2D eigenvalue weighted by atomic mass is 10.0. The van der Waals surface area contributed by atoms with Gasteiger partial charge in [-0.15, -0.1) is 0 Å². The third kappa shape index (κ3) is 1.78. The van der Waals surface area contributed by atoms with Crippen LogP contribution in [0, 0.1) is 5.41 Å². The zero-order chi connectivity index (χ0) is 10.0. The summed E-state index contributed by atoms with van der Waals surface area (Å²) in [7, 11) is 0. The number of nitrogens with one attached hydrogen (secondary N) is 1. The lowest BCUT2D eigenvalue weighted by molar-refractivity contribution is 0.239. The van der Waals surface area contributed by atoms with Gasteiger partial charge in [-0.25, -0.2) is 9.78 Å². The van der Waals surface area contributed by atoms with Gasteiger partial charge in [0.15, 0.2) is 0 Å². The lowest BCUT2D eigenvalue weighted by Gasteiger charge is -2.13. The van der Waals surface area contributed by atoms with Crippen molar-refractivity contribution in [2.24, 2.45) is 5.41 Å². The fraction of sp³-hybridized carbons (Fsp3) is 0.600. The summed E-state index contributed by atoms with van der Waals surface area (Å²) in [6, 6.07) is -0.0813. The maximum absolute atomic E-state index is 11.5. The topological polar surface area (TPSA) is 46.9 Å². The SMILES string of the molecule is CCC1(CNC(=O)n2ccnc2)CC1. The van der Waals surface area contributed by atoms with Crippen molar-refractivity contribution in [2.45, 2.75) is 26.2 Å². The molecule has 1 amide bonds. The van der Waals surface area contributed by atoms with E-state index in [2.05, 4.69) is 17.2 Å². The van der Waals surface area contributed by atoms with Crippen LogP contribution in [0.5, 0.6) is 0 Å². The molecule has 0 aromatic carbocycles. The summed E-state index contributed by atoms with van der Waals surface area (Å²) < 4.78 is 1.46. The molecule has 4 heteroatoms. The van der Waals surface area contributed by atoms with Gasteiger partial charge in [-0.1, -0.05) is 6.92 Å². The smallest absolute Gasteiger partial charge is 0.326 e. The zero-order valence-electron chi connectivity index (χ0n) is 8.36. The minimum atomic E-state index is -0.0813. The maximum atomic E-state index is 11.5. The van der Waals surface area contributed by atoms with Crippen molar-refractivity contribution < 1.29 is 4.79 Å². The molecule has 0 atom stereocenters. The number of carbonyl (C=O) groups is 1. The van der Waals surface area contributed by atoms with Gasteiger partial charge in [0.05, 0.1) is 0 Å². The molecule has 14 heavy (non-hydrogen) atoms. The third-order valence-electron chi connectivity index (χ3n) is 3.06. The Balaban J connectivity index is 1.84. The molecule has 1 N–H and O–H groups in total. The molecule has 0 bridgehead atoms. The summed E-state index contributed by atoms with van der Waals surface area (Å²) in [5.41, 5.74) is 0.399. The summed E-state index contributed by atoms with van der Waals surface area (Å²) >= 11 is 0. The van der Waals surface area contributed by atoms with Crippen LogP contribution < -0.4 is 5.32 Å². The van der Waals surface area contributed by atoms with Crippen LogP contribution in [0.2, 0.25) is 0 Å². The van der Waals surface area contributed by atoms with E-state index in [1.165, 1.54) is 23.7 Å². The van der Waals surface area contributed by atoms with E-state index in [4.69, 9.17) is 0 Å². The molecule has 1 aromatic heterocycles. The highest BCUT2D eigenvalue weighted by Gasteiger charge is 2.40. The molecule has 76 valence electrons. The quantitative estimate of drug-likeness (QED) is 0.793. The van der Waals surface area contributed by atoms with Gasteiger partial charge in [0.2, 0.25) is 0 Å². The maximum Gasteiger partial charge on any atom is 0.326 e. The molecule has 1 heterocycles. The summed E-state index contributed by atoms with van der Waals surface area (Å²) in [5, 5.41) is 2.92. The molecule has 0 aliphatic heterocycles. The summed E-state index contributed by atoms with van der Waals surface area (Å²) in [6.07, 6.45) is 8.41. The Bertz CT molecular complexity index is 314. The second-order valence-corrected chi connectivity index (χ2v) is 3.98. The van der Waals surface area contributed by atoms with Crippen molar-refractivity contribution in [3.05, 3.63) is 18.7 Å². The second kappa shape index (κ2) is 3.44. The Morgan fingerprint density at radius 1 is 1.64 bits per heavy atom. The van der Waals surface area contributed by atoms with Crippen molar-refractivity contribution >= 4 is 6.03 Å². The van der Waals surface area contributed by atoms with Gasteiger partial charge in [0.25, 0.3) is 0 Å². The van der Waals surface area contributed by atoms with Gasteiger partial charge in [-0.2, -0.15) is 0 Å². The van der Waals surface area contributed by atoms with Crippen LogP contribution in [0.4, 0.5) is 4.79 Å². The highest BCUT2D eigenvalue weighted by Crippen LogP contribution is 2.47. The van der Waals surface area contributed by atoms with Gasteiger partial charge in [-0.3, -0.25) is 4.57 Å². The molecule has 1 saturated carbocycles. The number of carbonyl (C=O) groups excluding carboxylic acids is 1. The fourth-order valence-electron chi connectivity index (χ4n) is 1.57. The number of hydrogen-bond donors (Lipinski definition) is 1. The zero-order valence-corrected chi connectivity index (χ0v) is 8.36. The molecule has 1 aromatic rings. The van der Waals surface area contributed by atoms with E-state index in [1.54, 1.807) is 12.4 Å². The molecular weight excluding hydrogens is 178 g/mol. The molecule has 0 spiro atoms. The first-order valence-electron chi connectivity index (χ1n) is 5.02. The van der Waals surface area contributed by atoms with Gasteiger partial charge >= 0.3 is 6.03 Å². The Labute approximate surface area is 83.3 Å². The van der Waals surface area contributed by atoms with Crippen LogP contribution in [0.1, 0.15) is 26.2 Å². The predicted octanol–water partition coefficient (Wildman–Crippen LogP) is 1.63. The highest BCUT2D eigenvalue weighted by molar-refractivity contribution is 5.76. The molecule has 2 rings (SSSR count). The average Bonchev–Trinajstić information content (AvgIpc) is 2.78. The third-order valence-corrected chi connectivity index (χ3v) is 3.06. The van der Waals surface area contributed by atoms with Crippen molar-refractivity contribution in [1.82, 2.24) is 14.9 Å². The van der Waals surface area contributed by atoms with Crippen LogP contribution in [-0.4, -0.2) is 22.1 Å². The van der Waals surface area contributed by atoms with E-state index >= 15 is 0 Å². The molecule has 4 nitrogen and oxygen atoms in total. The second-order valence-electron chi connectivity index (χ2n) is 3.98. The monoisotopic (exact) mass is 193 g/mol. The number of nitrogens with zero attached hydrogens (tertiary/aromatic N) is 2. The first-order chi connectivity index (χ1) is 6.76. The van der Waals surface area contributed by atoms with Crippen molar-refractivity contribution in [3.8, 4) is 0 Å². The molecular formula is C10H15N3O. The number of aromatic nitrogens is 2. The highest BCUT2D eigenvalue weighted by atomic mass is 16.2. The predicted molar refractivity (Wildman–Crippen MR) is 53.0 cm³/mol. The Morgan fingerprint density at radius 2 is 2.43 bits per heavy atom. The van der Waals surface area contributed by atoms with E-state index in [0.29, 0.717) is 5.41 Å². The molecule has 0 saturated heterocycles. The first-order valence-corrected chi connectivity index (χ1v) is 5.02. The number of rotatable bonds is 3. The van der Waals surface area contributed by atoms with Crippen LogP contribution in [-0.2, 0) is 0 Å².